The molecule has 0 amide bonds. The van der Waals surface area contributed by atoms with Gasteiger partial charge in [-0.1, -0.05) is 24.3 Å². The molecule has 0 aromatic heterocycles. The topological polar surface area (TPSA) is 74.2 Å². The summed E-state index contributed by atoms with van der Waals surface area (Å²) >= 11 is 0. The molecule has 1 saturated heterocycles. The molecular formula is C18H20N4O3S. The number of piperazine rings is 1. The Morgan fingerprint density at radius 2 is 1.62 bits per heavy atom. The molecule has 0 radical (unpaired) electrons. The number of ether oxygens (including phenoxy) is 1. The van der Waals surface area contributed by atoms with Gasteiger partial charge in [-0.15, -0.1) is 0 Å². The van der Waals surface area contributed by atoms with Crippen LogP contribution in [0.2, 0.25) is 0 Å². The molecule has 136 valence electrons. The Morgan fingerprint density at radius 3 is 2.35 bits per heavy atom. The van der Waals surface area contributed by atoms with Gasteiger partial charge in [0.15, 0.2) is 5.75 Å². The van der Waals surface area contributed by atoms with Crippen LogP contribution in [0.25, 0.3) is 0 Å². The van der Waals surface area contributed by atoms with Gasteiger partial charge in [-0.05, 0) is 24.3 Å². The number of nitrogens with zero attached hydrogens (tertiary/aromatic N) is 3. The van der Waals surface area contributed by atoms with Crippen molar-refractivity contribution in [1.29, 1.82) is 0 Å². The predicted molar refractivity (Wildman–Crippen MR) is 100 cm³/mol. The fourth-order valence-corrected chi connectivity index (χ4v) is 4.08. The van der Waals surface area contributed by atoms with Crippen LogP contribution in [-0.4, -0.2) is 56.7 Å². The summed E-state index contributed by atoms with van der Waals surface area (Å²) in [5.74, 6) is 2.28. The summed E-state index contributed by atoms with van der Waals surface area (Å²) in [6.45, 7) is 1.95. The Hall–Kier alpha value is -2.42. The highest BCUT2D eigenvalue weighted by molar-refractivity contribution is 7.87. The van der Waals surface area contributed by atoms with Crippen LogP contribution >= 0.6 is 0 Å². The Morgan fingerprint density at radius 1 is 0.962 bits per heavy atom. The molecule has 4 rings (SSSR count). The van der Waals surface area contributed by atoms with Gasteiger partial charge in [-0.2, -0.15) is 12.7 Å². The molecule has 2 aromatic rings. The average molecular weight is 372 g/mol. The minimum atomic E-state index is -3.40. The Kier molecular flexibility index (Phi) is 4.39. The fourth-order valence-electron chi connectivity index (χ4n) is 3.18. The van der Waals surface area contributed by atoms with Gasteiger partial charge in [-0.3, -0.25) is 0 Å². The monoisotopic (exact) mass is 372 g/mol. The van der Waals surface area contributed by atoms with Gasteiger partial charge >= 0.3 is 0 Å². The van der Waals surface area contributed by atoms with Crippen LogP contribution in [0.15, 0.2) is 53.5 Å². The van der Waals surface area contributed by atoms with E-state index in [0.717, 1.165) is 22.8 Å². The van der Waals surface area contributed by atoms with Gasteiger partial charge in [0, 0.05) is 33.2 Å². The second-order valence-corrected chi connectivity index (χ2v) is 7.97. The first-order valence-corrected chi connectivity index (χ1v) is 9.91. The quantitative estimate of drug-likeness (QED) is 0.874. The SMILES string of the molecule is CNS(=O)(=O)N1CCN(C2=Nc3ccccc3Oc3ccccc32)CC1. The van der Waals surface area contributed by atoms with Gasteiger partial charge in [0.05, 0.1) is 5.56 Å². The number of benzene rings is 2. The second-order valence-electron chi connectivity index (χ2n) is 6.10. The van der Waals surface area contributed by atoms with Crippen molar-refractivity contribution >= 4 is 21.7 Å². The highest BCUT2D eigenvalue weighted by Gasteiger charge is 2.29. The van der Waals surface area contributed by atoms with Crippen molar-refractivity contribution in [1.82, 2.24) is 13.9 Å². The van der Waals surface area contributed by atoms with Crippen molar-refractivity contribution in [3.05, 3.63) is 54.1 Å². The molecule has 2 aromatic carbocycles. The maximum absolute atomic E-state index is 12.0. The molecule has 0 unspecified atom stereocenters. The Labute approximate surface area is 153 Å². The van der Waals surface area contributed by atoms with E-state index in [1.54, 1.807) is 0 Å². The van der Waals surface area contributed by atoms with Gasteiger partial charge in [0.1, 0.15) is 17.3 Å². The standard InChI is InChI=1S/C18H20N4O3S/c1-19-26(23,24)22-12-10-21(11-13-22)18-14-6-2-4-8-16(14)25-17-9-5-3-7-15(17)20-18/h2-9,19H,10-13H2,1H3. The summed E-state index contributed by atoms with van der Waals surface area (Å²) in [7, 11) is -1.97. The number of nitrogens with one attached hydrogen (secondary N) is 1. The number of amidine groups is 1. The van der Waals surface area contributed by atoms with E-state index in [4.69, 9.17) is 9.73 Å². The van der Waals surface area contributed by atoms with Crippen LogP contribution in [0.1, 0.15) is 5.56 Å². The van der Waals surface area contributed by atoms with E-state index < -0.39 is 10.2 Å². The molecule has 7 nitrogen and oxygen atoms in total. The highest BCUT2D eigenvalue weighted by Crippen LogP contribution is 2.37. The fraction of sp³-hybridized carbons (Fsp3) is 0.278. The molecule has 0 spiro atoms. The van der Waals surface area contributed by atoms with Gasteiger partial charge in [-0.25, -0.2) is 9.71 Å². The number of fused-ring (bicyclic) bond motifs is 2. The molecule has 1 fully saturated rings. The number of aliphatic imine (C=N–C) groups is 1. The minimum Gasteiger partial charge on any atom is -0.454 e. The van der Waals surface area contributed by atoms with Crippen molar-refractivity contribution in [3.8, 4) is 11.5 Å². The Bertz CT molecular complexity index is 950. The average Bonchev–Trinajstić information content (AvgIpc) is 2.85. The van der Waals surface area contributed by atoms with Crippen LogP contribution in [-0.2, 0) is 10.2 Å². The summed E-state index contributed by atoms with van der Waals surface area (Å²) in [5, 5.41) is 0. The molecule has 0 saturated carbocycles. The van der Waals surface area contributed by atoms with Crippen LogP contribution in [0.5, 0.6) is 11.5 Å². The first-order chi connectivity index (χ1) is 12.6. The van der Waals surface area contributed by atoms with Crippen molar-refractivity contribution < 1.29 is 13.2 Å². The third-order valence-corrected chi connectivity index (χ3v) is 6.14. The summed E-state index contributed by atoms with van der Waals surface area (Å²) in [5.41, 5.74) is 1.68. The summed E-state index contributed by atoms with van der Waals surface area (Å²) in [6.07, 6.45) is 0. The number of hydrogen-bond donors (Lipinski definition) is 1. The van der Waals surface area contributed by atoms with Crippen LogP contribution < -0.4 is 9.46 Å². The molecular weight excluding hydrogens is 352 g/mol. The van der Waals surface area contributed by atoms with Gasteiger partial charge < -0.3 is 9.64 Å². The van der Waals surface area contributed by atoms with E-state index >= 15 is 0 Å². The lowest BCUT2D eigenvalue weighted by molar-refractivity contribution is 0.264. The van der Waals surface area contributed by atoms with Crippen molar-refractivity contribution in [2.75, 3.05) is 33.2 Å². The smallest absolute Gasteiger partial charge is 0.279 e. The van der Waals surface area contributed by atoms with Crippen molar-refractivity contribution in [3.63, 3.8) is 0 Å². The summed E-state index contributed by atoms with van der Waals surface area (Å²) in [6, 6.07) is 15.5. The van der Waals surface area contributed by atoms with Crippen LogP contribution in [0.3, 0.4) is 0 Å². The number of para-hydroxylation sites is 3. The molecule has 2 heterocycles. The zero-order valence-electron chi connectivity index (χ0n) is 14.4. The van der Waals surface area contributed by atoms with E-state index in [9.17, 15) is 8.42 Å². The third kappa shape index (κ3) is 3.07. The zero-order chi connectivity index (χ0) is 18.1. The second kappa shape index (κ2) is 6.71. The largest absolute Gasteiger partial charge is 0.454 e. The van der Waals surface area contributed by atoms with Crippen LogP contribution in [0.4, 0.5) is 5.69 Å². The first-order valence-electron chi connectivity index (χ1n) is 8.47. The van der Waals surface area contributed by atoms with Crippen molar-refractivity contribution in [2.24, 2.45) is 4.99 Å². The lowest BCUT2D eigenvalue weighted by Crippen LogP contribution is -2.52. The lowest BCUT2D eigenvalue weighted by Gasteiger charge is -2.35. The minimum absolute atomic E-state index is 0.410. The van der Waals surface area contributed by atoms with Crippen LogP contribution in [0, 0.1) is 0 Å². The molecule has 2 aliphatic heterocycles. The lowest BCUT2D eigenvalue weighted by atomic mass is 10.1. The first kappa shape index (κ1) is 17.0. The van der Waals surface area contributed by atoms with E-state index in [-0.39, 0.29) is 0 Å². The summed E-state index contributed by atoms with van der Waals surface area (Å²) in [4.78, 5) is 6.96. The normalized spacial score (nSPS) is 17.6. The molecule has 8 heteroatoms. The van der Waals surface area contributed by atoms with Gasteiger partial charge in [0.2, 0.25) is 0 Å². The van der Waals surface area contributed by atoms with Crippen molar-refractivity contribution in [2.45, 2.75) is 0 Å². The van der Waals surface area contributed by atoms with E-state index in [1.165, 1.54) is 11.4 Å². The number of rotatable bonds is 2. The summed E-state index contributed by atoms with van der Waals surface area (Å²) < 4.78 is 33.9. The zero-order valence-corrected chi connectivity index (χ0v) is 15.2. The highest BCUT2D eigenvalue weighted by atomic mass is 32.2. The van der Waals surface area contributed by atoms with Gasteiger partial charge in [0.25, 0.3) is 10.2 Å². The van der Waals surface area contributed by atoms with E-state index in [2.05, 4.69) is 9.62 Å². The molecule has 0 aliphatic carbocycles. The van der Waals surface area contributed by atoms with E-state index in [0.29, 0.717) is 31.9 Å². The molecule has 26 heavy (non-hydrogen) atoms. The molecule has 2 aliphatic rings. The van der Waals surface area contributed by atoms with E-state index in [1.807, 2.05) is 48.5 Å². The maximum atomic E-state index is 12.0. The number of hydrogen-bond acceptors (Lipinski definition) is 5. The molecule has 0 atom stereocenters. The Balaban J connectivity index is 1.68. The molecule has 1 N–H and O–H groups in total. The predicted octanol–water partition coefficient (Wildman–Crippen LogP) is 1.95. The molecule has 0 bridgehead atoms. The maximum Gasteiger partial charge on any atom is 0.279 e. The third-order valence-electron chi connectivity index (χ3n) is 4.58.